The smallest absolute Gasteiger partial charge is 0.186 e. The maximum Gasteiger partial charge on any atom is 0.186 e. The van der Waals surface area contributed by atoms with Crippen molar-refractivity contribution in [3.8, 4) is 5.75 Å². The highest BCUT2D eigenvalue weighted by Crippen LogP contribution is 2.42. The number of hydrogen-bond donors (Lipinski definition) is 1. The van der Waals surface area contributed by atoms with Gasteiger partial charge in [-0.15, -0.1) is 12.4 Å². The van der Waals surface area contributed by atoms with E-state index in [9.17, 15) is 16.8 Å². The summed E-state index contributed by atoms with van der Waals surface area (Å²) >= 11 is 0. The van der Waals surface area contributed by atoms with Gasteiger partial charge in [-0.2, -0.15) is 0 Å². The van der Waals surface area contributed by atoms with Gasteiger partial charge in [0.15, 0.2) is 19.7 Å². The third-order valence-corrected chi connectivity index (χ3v) is 8.21. The number of hydrogen-bond acceptors (Lipinski definition) is 6. The Labute approximate surface area is 159 Å². The first kappa shape index (κ1) is 20.7. The molecule has 2 aromatic carbocycles. The topological polar surface area (TPSA) is 104 Å². The summed E-state index contributed by atoms with van der Waals surface area (Å²) in [5.74, 6) is -0.0558. The third-order valence-electron chi connectivity index (χ3n) is 4.10. The van der Waals surface area contributed by atoms with E-state index in [1.165, 1.54) is 24.3 Å². The van der Waals surface area contributed by atoms with E-state index in [4.69, 9.17) is 10.5 Å². The Hall–Kier alpha value is -1.61. The molecule has 0 amide bonds. The van der Waals surface area contributed by atoms with Crippen LogP contribution >= 0.6 is 12.4 Å². The number of ether oxygens (including phenoxy) is 1. The molecule has 6 nitrogen and oxygen atoms in total. The molecule has 0 aromatic heterocycles. The second kappa shape index (κ2) is 7.96. The molecule has 2 aromatic rings. The standard InChI is InChI=1S/C17H19NO5S2.ClH/c18-9-4-10-23-13-7-8-15-16(11-13)24(19,20)12-17(15)25(21,22)14-5-2-1-3-6-14;/h1-3,5-8,11,17H,4,9-10,12,18H2;1H. The van der Waals surface area contributed by atoms with Crippen LogP contribution in [0.2, 0.25) is 0 Å². The molecule has 1 heterocycles. The number of benzene rings is 2. The van der Waals surface area contributed by atoms with Crippen molar-refractivity contribution in [3.05, 3.63) is 54.1 Å². The maximum atomic E-state index is 12.9. The molecule has 0 saturated heterocycles. The summed E-state index contributed by atoms with van der Waals surface area (Å²) < 4.78 is 56.2. The minimum atomic E-state index is -3.79. The van der Waals surface area contributed by atoms with Crippen LogP contribution in [0.15, 0.2) is 58.3 Å². The number of rotatable bonds is 6. The molecule has 26 heavy (non-hydrogen) atoms. The minimum Gasteiger partial charge on any atom is -0.494 e. The average Bonchev–Trinajstić information content (AvgIpc) is 2.88. The van der Waals surface area contributed by atoms with Crippen molar-refractivity contribution >= 4 is 32.1 Å². The molecule has 1 aliphatic heterocycles. The molecule has 0 radical (unpaired) electrons. The van der Waals surface area contributed by atoms with E-state index in [0.717, 1.165) is 0 Å². The number of fused-ring (bicyclic) bond motifs is 1. The Morgan fingerprint density at radius 2 is 1.81 bits per heavy atom. The highest BCUT2D eigenvalue weighted by molar-refractivity contribution is 7.96. The predicted molar refractivity (Wildman–Crippen MR) is 101 cm³/mol. The Morgan fingerprint density at radius 3 is 2.46 bits per heavy atom. The van der Waals surface area contributed by atoms with Gasteiger partial charge in [-0.05, 0) is 42.8 Å². The molecule has 0 bridgehead atoms. The van der Waals surface area contributed by atoms with Gasteiger partial charge in [-0.25, -0.2) is 16.8 Å². The van der Waals surface area contributed by atoms with E-state index in [0.29, 0.717) is 30.9 Å². The van der Waals surface area contributed by atoms with E-state index in [-0.39, 0.29) is 22.2 Å². The lowest BCUT2D eigenvalue weighted by atomic mass is 10.1. The van der Waals surface area contributed by atoms with Crippen molar-refractivity contribution in [2.75, 3.05) is 18.9 Å². The second-order valence-electron chi connectivity index (χ2n) is 5.82. The van der Waals surface area contributed by atoms with Crippen molar-refractivity contribution in [3.63, 3.8) is 0 Å². The van der Waals surface area contributed by atoms with Crippen molar-refractivity contribution < 1.29 is 21.6 Å². The van der Waals surface area contributed by atoms with Gasteiger partial charge in [0, 0.05) is 0 Å². The molecule has 1 atom stereocenters. The van der Waals surface area contributed by atoms with Gasteiger partial charge in [0.25, 0.3) is 0 Å². The van der Waals surface area contributed by atoms with Gasteiger partial charge in [-0.3, -0.25) is 0 Å². The molecule has 2 N–H and O–H groups in total. The van der Waals surface area contributed by atoms with E-state index in [1.54, 1.807) is 24.3 Å². The Bertz CT molecular complexity index is 975. The summed E-state index contributed by atoms with van der Waals surface area (Å²) in [5, 5.41) is -1.10. The van der Waals surface area contributed by atoms with Crippen LogP contribution in [-0.4, -0.2) is 35.7 Å². The van der Waals surface area contributed by atoms with Crippen LogP contribution in [0.1, 0.15) is 17.2 Å². The number of halogens is 1. The van der Waals surface area contributed by atoms with Crippen molar-refractivity contribution in [2.45, 2.75) is 21.5 Å². The van der Waals surface area contributed by atoms with Crippen LogP contribution in [0, 0.1) is 0 Å². The lowest BCUT2D eigenvalue weighted by molar-refractivity contribution is 0.312. The summed E-state index contributed by atoms with van der Waals surface area (Å²) in [4.78, 5) is 0.147. The summed E-state index contributed by atoms with van der Waals surface area (Å²) in [6.07, 6.45) is 0.648. The zero-order valence-corrected chi connectivity index (χ0v) is 16.3. The molecular weight excluding hydrogens is 398 g/mol. The fourth-order valence-electron chi connectivity index (χ4n) is 2.82. The van der Waals surface area contributed by atoms with Gasteiger partial charge in [-0.1, -0.05) is 24.3 Å². The molecule has 9 heteroatoms. The second-order valence-corrected chi connectivity index (χ2v) is 9.95. The van der Waals surface area contributed by atoms with Crippen LogP contribution in [-0.2, 0) is 19.7 Å². The highest BCUT2D eigenvalue weighted by atomic mass is 35.5. The molecule has 3 rings (SSSR count). The Kier molecular flexibility index (Phi) is 6.33. The van der Waals surface area contributed by atoms with Gasteiger partial charge in [0.1, 0.15) is 11.0 Å². The van der Waals surface area contributed by atoms with E-state index >= 15 is 0 Å². The van der Waals surface area contributed by atoms with E-state index < -0.39 is 30.7 Å². The third kappa shape index (κ3) is 3.88. The lowest BCUT2D eigenvalue weighted by Crippen LogP contribution is -2.15. The fraction of sp³-hybridized carbons (Fsp3) is 0.294. The summed E-state index contributed by atoms with van der Waals surface area (Å²) in [6, 6.07) is 12.4. The monoisotopic (exact) mass is 417 g/mol. The number of nitrogens with two attached hydrogens (primary N) is 1. The first-order valence-electron chi connectivity index (χ1n) is 7.85. The predicted octanol–water partition coefficient (Wildman–Crippen LogP) is 2.14. The Balaban J connectivity index is 0.00000243. The average molecular weight is 418 g/mol. The maximum absolute atomic E-state index is 12.9. The molecule has 0 spiro atoms. The quantitative estimate of drug-likeness (QED) is 0.722. The first-order valence-corrected chi connectivity index (χ1v) is 11.0. The van der Waals surface area contributed by atoms with Crippen molar-refractivity contribution in [2.24, 2.45) is 5.73 Å². The minimum absolute atomic E-state index is 0. The van der Waals surface area contributed by atoms with Crippen molar-refractivity contribution in [1.82, 2.24) is 0 Å². The van der Waals surface area contributed by atoms with Gasteiger partial charge in [0.05, 0.1) is 22.2 Å². The summed E-state index contributed by atoms with van der Waals surface area (Å²) in [7, 11) is -7.48. The van der Waals surface area contributed by atoms with Gasteiger partial charge in [0.2, 0.25) is 0 Å². The van der Waals surface area contributed by atoms with E-state index in [1.807, 2.05) is 0 Å². The normalized spacial score (nSPS) is 18.0. The lowest BCUT2D eigenvalue weighted by Gasteiger charge is -2.12. The molecule has 0 aliphatic carbocycles. The van der Waals surface area contributed by atoms with Crippen LogP contribution < -0.4 is 10.5 Å². The largest absolute Gasteiger partial charge is 0.494 e. The first-order chi connectivity index (χ1) is 11.9. The zero-order valence-electron chi connectivity index (χ0n) is 13.9. The Morgan fingerprint density at radius 1 is 1.12 bits per heavy atom. The van der Waals surface area contributed by atoms with Crippen LogP contribution in [0.3, 0.4) is 0 Å². The summed E-state index contributed by atoms with van der Waals surface area (Å²) in [5.41, 5.74) is 5.71. The van der Waals surface area contributed by atoms with Crippen molar-refractivity contribution in [1.29, 1.82) is 0 Å². The van der Waals surface area contributed by atoms with Crippen LogP contribution in [0.5, 0.6) is 5.75 Å². The molecule has 0 saturated carbocycles. The molecule has 0 fully saturated rings. The van der Waals surface area contributed by atoms with Crippen LogP contribution in [0.4, 0.5) is 0 Å². The fourth-order valence-corrected chi connectivity index (χ4v) is 7.18. The van der Waals surface area contributed by atoms with Crippen LogP contribution in [0.25, 0.3) is 0 Å². The summed E-state index contributed by atoms with van der Waals surface area (Å²) in [6.45, 7) is 0.849. The SMILES string of the molecule is Cl.NCCCOc1ccc2c(c1)S(=O)(=O)CC2S(=O)(=O)c1ccccc1. The zero-order chi connectivity index (χ0) is 18.1. The highest BCUT2D eigenvalue weighted by Gasteiger charge is 2.43. The van der Waals surface area contributed by atoms with E-state index in [2.05, 4.69) is 0 Å². The van der Waals surface area contributed by atoms with Gasteiger partial charge < -0.3 is 10.5 Å². The molecular formula is C17H20ClNO5S2. The molecule has 1 unspecified atom stereocenters. The molecule has 142 valence electrons. The molecule has 1 aliphatic rings. The van der Waals surface area contributed by atoms with Gasteiger partial charge >= 0.3 is 0 Å². The number of sulfone groups is 2.